The second-order valence-electron chi connectivity index (χ2n) is 9.66. The molecule has 2 heterocycles. The van der Waals surface area contributed by atoms with E-state index in [0.717, 1.165) is 30.6 Å². The molecule has 1 unspecified atom stereocenters. The van der Waals surface area contributed by atoms with Crippen LogP contribution >= 0.6 is 11.3 Å². The van der Waals surface area contributed by atoms with Crippen LogP contribution in [0.5, 0.6) is 5.75 Å². The molecule has 182 valence electrons. The zero-order valence-electron chi connectivity index (χ0n) is 20.2. The van der Waals surface area contributed by atoms with E-state index in [-0.39, 0.29) is 24.4 Å². The van der Waals surface area contributed by atoms with E-state index in [9.17, 15) is 9.59 Å². The van der Waals surface area contributed by atoms with Gasteiger partial charge < -0.3 is 14.5 Å². The molecule has 1 atom stereocenters. The zero-order chi connectivity index (χ0) is 24.2. The molecule has 1 aliphatic carbocycles. The molecule has 5 rings (SSSR count). The van der Waals surface area contributed by atoms with Gasteiger partial charge >= 0.3 is 0 Å². The summed E-state index contributed by atoms with van der Waals surface area (Å²) >= 11 is 1.75. The maximum atomic E-state index is 13.6. The van der Waals surface area contributed by atoms with Crippen molar-refractivity contribution in [2.75, 3.05) is 26.2 Å². The summed E-state index contributed by atoms with van der Waals surface area (Å²) in [5, 5.41) is 2.10. The fourth-order valence-electron chi connectivity index (χ4n) is 4.69. The number of nitrogens with zero attached hydrogens (tertiary/aromatic N) is 2. The highest BCUT2D eigenvalue weighted by Gasteiger charge is 2.35. The summed E-state index contributed by atoms with van der Waals surface area (Å²) in [4.78, 5) is 31.9. The molecule has 1 aromatic heterocycles. The normalized spacial score (nSPS) is 17.1. The van der Waals surface area contributed by atoms with E-state index in [4.69, 9.17) is 4.74 Å². The molecule has 6 heteroatoms. The second kappa shape index (κ2) is 10.6. The molecule has 5 nitrogen and oxygen atoms in total. The van der Waals surface area contributed by atoms with E-state index in [1.54, 1.807) is 16.2 Å². The predicted molar refractivity (Wildman–Crippen MR) is 139 cm³/mol. The van der Waals surface area contributed by atoms with Gasteiger partial charge in [0.25, 0.3) is 0 Å². The van der Waals surface area contributed by atoms with Crippen LogP contribution in [0.1, 0.15) is 40.5 Å². The standard InChI is InChI=1S/C29H32N2O3S/c1-21-7-11-24(12-8-21)34-20-26-25-14-16-35-27(25)13-15-31(26)29(33)19-30(18-23-9-10-23)28(32)17-22-5-3-2-4-6-22/h2-8,11-12,14,16,23,26H,9-10,13,15,17-20H2,1H3. The maximum Gasteiger partial charge on any atom is 0.242 e. The minimum absolute atomic E-state index is 0.00131. The smallest absolute Gasteiger partial charge is 0.242 e. The van der Waals surface area contributed by atoms with Crippen molar-refractivity contribution < 1.29 is 14.3 Å². The molecule has 0 bridgehead atoms. The number of hydrogen-bond acceptors (Lipinski definition) is 4. The fraction of sp³-hybridized carbons (Fsp3) is 0.379. The molecule has 2 aliphatic rings. The lowest BCUT2D eigenvalue weighted by atomic mass is 10.00. The molecule has 0 radical (unpaired) electrons. The van der Waals surface area contributed by atoms with Crippen LogP contribution in [-0.2, 0) is 22.4 Å². The van der Waals surface area contributed by atoms with Crippen LogP contribution in [0.15, 0.2) is 66.0 Å². The molecule has 1 saturated carbocycles. The molecule has 1 fully saturated rings. The summed E-state index contributed by atoms with van der Waals surface area (Å²) in [6, 6.07) is 19.8. The molecular formula is C29H32N2O3S. The molecule has 0 spiro atoms. The van der Waals surface area contributed by atoms with Crippen molar-refractivity contribution in [2.45, 2.75) is 38.6 Å². The number of ether oxygens (including phenoxy) is 1. The van der Waals surface area contributed by atoms with Gasteiger partial charge in [0.1, 0.15) is 12.4 Å². The Morgan fingerprint density at radius 1 is 1.06 bits per heavy atom. The molecule has 0 saturated heterocycles. The average molecular weight is 489 g/mol. The van der Waals surface area contributed by atoms with Gasteiger partial charge in [0.2, 0.25) is 11.8 Å². The van der Waals surface area contributed by atoms with E-state index in [0.29, 0.717) is 32.0 Å². The summed E-state index contributed by atoms with van der Waals surface area (Å²) in [6.45, 7) is 3.90. The number of fused-ring (bicyclic) bond motifs is 1. The predicted octanol–water partition coefficient (Wildman–Crippen LogP) is 5.04. The lowest BCUT2D eigenvalue weighted by Crippen LogP contribution is -2.48. The Hall–Kier alpha value is -3.12. The number of rotatable bonds is 9. The van der Waals surface area contributed by atoms with Crippen molar-refractivity contribution in [1.29, 1.82) is 0 Å². The minimum atomic E-state index is -0.147. The first-order valence-corrected chi connectivity index (χ1v) is 13.3. The number of benzene rings is 2. The molecule has 2 amide bonds. The highest BCUT2D eigenvalue weighted by atomic mass is 32.1. The molecule has 1 aliphatic heterocycles. The quantitative estimate of drug-likeness (QED) is 0.424. The number of hydrogen-bond donors (Lipinski definition) is 0. The van der Waals surface area contributed by atoms with Gasteiger partial charge in [-0.15, -0.1) is 11.3 Å². The molecule has 2 aromatic carbocycles. The topological polar surface area (TPSA) is 49.9 Å². The summed E-state index contributed by atoms with van der Waals surface area (Å²) in [5.74, 6) is 1.35. The Bertz CT molecular complexity index is 1150. The lowest BCUT2D eigenvalue weighted by molar-refractivity contribution is -0.142. The molecule has 35 heavy (non-hydrogen) atoms. The summed E-state index contributed by atoms with van der Waals surface area (Å²) in [6.07, 6.45) is 3.45. The largest absolute Gasteiger partial charge is 0.491 e. The van der Waals surface area contributed by atoms with E-state index in [2.05, 4.69) is 18.4 Å². The van der Waals surface area contributed by atoms with Crippen molar-refractivity contribution in [2.24, 2.45) is 5.92 Å². The third-order valence-electron chi connectivity index (χ3n) is 6.90. The highest BCUT2D eigenvalue weighted by Crippen LogP contribution is 2.34. The van der Waals surface area contributed by atoms with Gasteiger partial charge in [-0.1, -0.05) is 48.0 Å². The molecule has 3 aromatic rings. The van der Waals surface area contributed by atoms with Crippen molar-refractivity contribution in [3.05, 3.63) is 87.6 Å². The van der Waals surface area contributed by atoms with Gasteiger partial charge in [-0.2, -0.15) is 0 Å². The lowest BCUT2D eigenvalue weighted by Gasteiger charge is -2.37. The first-order chi connectivity index (χ1) is 17.1. The van der Waals surface area contributed by atoms with E-state index >= 15 is 0 Å². The number of thiophene rings is 1. The number of aryl methyl sites for hydroxylation is 1. The van der Waals surface area contributed by atoms with Crippen molar-refractivity contribution >= 4 is 23.2 Å². The van der Waals surface area contributed by atoms with Crippen LogP contribution in [0.3, 0.4) is 0 Å². The zero-order valence-corrected chi connectivity index (χ0v) is 21.0. The van der Waals surface area contributed by atoms with Gasteiger partial charge in [0.05, 0.1) is 19.0 Å². The highest BCUT2D eigenvalue weighted by molar-refractivity contribution is 7.10. The monoisotopic (exact) mass is 488 g/mol. The minimum Gasteiger partial charge on any atom is -0.491 e. The third-order valence-corrected chi connectivity index (χ3v) is 7.89. The van der Waals surface area contributed by atoms with Crippen LogP contribution in [0.4, 0.5) is 0 Å². The van der Waals surface area contributed by atoms with Crippen molar-refractivity contribution in [1.82, 2.24) is 9.80 Å². The van der Waals surface area contributed by atoms with Crippen LogP contribution in [0.25, 0.3) is 0 Å². The Morgan fingerprint density at radius 2 is 1.83 bits per heavy atom. The molecule has 0 N–H and O–H groups in total. The maximum absolute atomic E-state index is 13.6. The van der Waals surface area contributed by atoms with Gasteiger partial charge in [0, 0.05) is 18.0 Å². The van der Waals surface area contributed by atoms with Gasteiger partial charge in [-0.05, 0) is 66.8 Å². The van der Waals surface area contributed by atoms with Crippen LogP contribution in [0.2, 0.25) is 0 Å². The van der Waals surface area contributed by atoms with E-state index in [1.807, 2.05) is 59.5 Å². The van der Waals surface area contributed by atoms with Crippen LogP contribution in [0, 0.1) is 12.8 Å². The van der Waals surface area contributed by atoms with Gasteiger partial charge in [-0.25, -0.2) is 0 Å². The molecular weight excluding hydrogens is 456 g/mol. The summed E-state index contributed by atoms with van der Waals surface area (Å²) in [5.41, 5.74) is 3.34. The van der Waals surface area contributed by atoms with Gasteiger partial charge in [0.15, 0.2) is 0 Å². The first kappa shape index (κ1) is 23.6. The van der Waals surface area contributed by atoms with E-state index in [1.165, 1.54) is 16.0 Å². The number of amides is 2. The third kappa shape index (κ3) is 5.93. The number of carbonyl (C=O) groups is 2. The Kier molecular flexibility index (Phi) is 7.19. The van der Waals surface area contributed by atoms with Crippen LogP contribution < -0.4 is 4.74 Å². The Balaban J connectivity index is 1.30. The Labute approximate surface area is 211 Å². The van der Waals surface area contributed by atoms with Crippen molar-refractivity contribution in [3.8, 4) is 5.75 Å². The van der Waals surface area contributed by atoms with Gasteiger partial charge in [-0.3, -0.25) is 9.59 Å². The summed E-state index contributed by atoms with van der Waals surface area (Å²) < 4.78 is 6.14. The average Bonchev–Trinajstić information content (AvgIpc) is 3.56. The number of carbonyl (C=O) groups excluding carboxylic acids is 2. The van der Waals surface area contributed by atoms with E-state index < -0.39 is 0 Å². The fourth-order valence-corrected chi connectivity index (χ4v) is 5.62. The summed E-state index contributed by atoms with van der Waals surface area (Å²) in [7, 11) is 0. The van der Waals surface area contributed by atoms with Crippen molar-refractivity contribution in [3.63, 3.8) is 0 Å². The van der Waals surface area contributed by atoms with Crippen LogP contribution in [-0.4, -0.2) is 47.9 Å². The Morgan fingerprint density at radius 3 is 2.57 bits per heavy atom. The first-order valence-electron chi connectivity index (χ1n) is 12.4. The SMILES string of the molecule is Cc1ccc(OCC2c3ccsc3CCN2C(=O)CN(CC2CC2)C(=O)Cc2ccccc2)cc1. The second-order valence-corrected chi connectivity index (χ2v) is 10.7.